The van der Waals surface area contributed by atoms with Crippen molar-refractivity contribution in [3.63, 3.8) is 0 Å². The Labute approximate surface area is 134 Å². The van der Waals surface area contributed by atoms with Crippen molar-refractivity contribution in [2.45, 2.75) is 43.4 Å². The summed E-state index contributed by atoms with van der Waals surface area (Å²) in [5.74, 6) is 0.366. The minimum atomic E-state index is -0.928. The van der Waals surface area contributed by atoms with Crippen LogP contribution in [0.2, 0.25) is 0 Å². The number of aromatic nitrogens is 2. The molecule has 2 aromatic rings. The molecule has 0 spiro atoms. The lowest BCUT2D eigenvalue weighted by Gasteiger charge is -2.15. The molecular weight excluding hydrogens is 298 g/mol. The molecule has 1 heterocycles. The summed E-state index contributed by atoms with van der Waals surface area (Å²) in [5, 5.41) is 9.32. The lowest BCUT2D eigenvalue weighted by molar-refractivity contribution is 0.0696. The third-order valence-electron chi connectivity index (χ3n) is 3.33. The number of carbonyl (C=O) groups is 1. The molecule has 0 fully saturated rings. The maximum atomic E-state index is 11.4. The first-order valence-electron chi connectivity index (χ1n) is 6.94. The molecule has 5 nitrogen and oxygen atoms in total. The number of hydrogen-bond donors (Lipinski definition) is 2. The van der Waals surface area contributed by atoms with Crippen molar-refractivity contribution in [2.75, 3.05) is 5.73 Å². The molecular formula is C16H19N3O2S. The molecule has 1 aromatic carbocycles. The lowest BCUT2D eigenvalue weighted by atomic mass is 9.98. The third kappa shape index (κ3) is 3.39. The van der Waals surface area contributed by atoms with Crippen molar-refractivity contribution in [1.82, 2.24) is 9.97 Å². The van der Waals surface area contributed by atoms with Crippen molar-refractivity contribution >= 4 is 23.5 Å². The SMILES string of the molecule is Cc1ncc(Sc2cc(C(=O)O)c(C)cc2C(C)C)c(N)n1. The molecule has 0 aliphatic heterocycles. The van der Waals surface area contributed by atoms with Crippen LogP contribution in [0.5, 0.6) is 0 Å². The average Bonchev–Trinajstić information content (AvgIpc) is 2.42. The van der Waals surface area contributed by atoms with Crippen molar-refractivity contribution in [3.8, 4) is 0 Å². The van der Waals surface area contributed by atoms with E-state index >= 15 is 0 Å². The smallest absolute Gasteiger partial charge is 0.335 e. The first-order valence-corrected chi connectivity index (χ1v) is 7.76. The summed E-state index contributed by atoms with van der Waals surface area (Å²) in [7, 11) is 0. The zero-order chi connectivity index (χ0) is 16.4. The summed E-state index contributed by atoms with van der Waals surface area (Å²) in [6.07, 6.45) is 1.67. The summed E-state index contributed by atoms with van der Waals surface area (Å²) in [6, 6.07) is 3.64. The molecule has 0 bridgehead atoms. The maximum absolute atomic E-state index is 11.4. The zero-order valence-electron chi connectivity index (χ0n) is 13.0. The maximum Gasteiger partial charge on any atom is 0.335 e. The van der Waals surface area contributed by atoms with Crippen molar-refractivity contribution in [2.24, 2.45) is 0 Å². The van der Waals surface area contributed by atoms with Crippen molar-refractivity contribution in [1.29, 1.82) is 0 Å². The Morgan fingerprint density at radius 2 is 1.95 bits per heavy atom. The van der Waals surface area contributed by atoms with Gasteiger partial charge in [-0.2, -0.15) is 0 Å². The van der Waals surface area contributed by atoms with E-state index in [-0.39, 0.29) is 5.92 Å². The predicted octanol–water partition coefficient (Wildman–Crippen LogP) is 3.65. The Morgan fingerprint density at radius 1 is 1.27 bits per heavy atom. The monoisotopic (exact) mass is 317 g/mol. The first kappa shape index (κ1) is 16.3. The summed E-state index contributed by atoms with van der Waals surface area (Å²) in [6.45, 7) is 7.74. The van der Waals surface area contributed by atoms with E-state index in [1.807, 2.05) is 13.0 Å². The molecule has 0 aliphatic rings. The third-order valence-corrected chi connectivity index (χ3v) is 4.44. The van der Waals surface area contributed by atoms with Gasteiger partial charge in [-0.15, -0.1) is 0 Å². The lowest BCUT2D eigenvalue weighted by Crippen LogP contribution is -2.04. The minimum Gasteiger partial charge on any atom is -0.478 e. The van der Waals surface area contributed by atoms with Crippen LogP contribution in [-0.2, 0) is 0 Å². The second kappa shape index (κ2) is 6.36. The van der Waals surface area contributed by atoms with E-state index < -0.39 is 5.97 Å². The van der Waals surface area contributed by atoms with Gasteiger partial charge in [0.05, 0.1) is 10.5 Å². The zero-order valence-corrected chi connectivity index (χ0v) is 13.9. The molecule has 116 valence electrons. The van der Waals surface area contributed by atoms with Crippen LogP contribution >= 0.6 is 11.8 Å². The van der Waals surface area contributed by atoms with Crippen LogP contribution < -0.4 is 5.73 Å². The quantitative estimate of drug-likeness (QED) is 0.894. The number of hydrogen-bond acceptors (Lipinski definition) is 5. The topological polar surface area (TPSA) is 89.1 Å². The van der Waals surface area contributed by atoms with Crippen LogP contribution in [0.1, 0.15) is 47.1 Å². The average molecular weight is 317 g/mol. The molecule has 0 atom stereocenters. The fraction of sp³-hybridized carbons (Fsp3) is 0.312. The van der Waals surface area contributed by atoms with Gasteiger partial charge in [-0.1, -0.05) is 31.7 Å². The first-order chi connectivity index (χ1) is 10.3. The minimum absolute atomic E-state index is 0.275. The van der Waals surface area contributed by atoms with Gasteiger partial charge in [-0.05, 0) is 37.0 Å². The van der Waals surface area contributed by atoms with Crippen LogP contribution in [0.25, 0.3) is 0 Å². The number of rotatable bonds is 4. The van der Waals surface area contributed by atoms with Gasteiger partial charge in [0.15, 0.2) is 0 Å². The second-order valence-corrected chi connectivity index (χ2v) is 6.52. The van der Waals surface area contributed by atoms with Crippen molar-refractivity contribution in [3.05, 3.63) is 40.8 Å². The number of aryl methyl sites for hydroxylation is 2. The van der Waals surface area contributed by atoms with E-state index in [0.29, 0.717) is 17.2 Å². The van der Waals surface area contributed by atoms with E-state index in [1.54, 1.807) is 19.2 Å². The molecule has 6 heteroatoms. The van der Waals surface area contributed by atoms with E-state index in [2.05, 4.69) is 23.8 Å². The molecule has 0 amide bonds. The van der Waals surface area contributed by atoms with Gasteiger partial charge in [0.25, 0.3) is 0 Å². The Kier molecular flexibility index (Phi) is 4.71. The largest absolute Gasteiger partial charge is 0.478 e. The second-order valence-electron chi connectivity index (χ2n) is 5.43. The summed E-state index contributed by atoms with van der Waals surface area (Å²) < 4.78 is 0. The molecule has 3 N–H and O–H groups in total. The highest BCUT2D eigenvalue weighted by Gasteiger charge is 2.16. The highest BCUT2D eigenvalue weighted by molar-refractivity contribution is 7.99. The number of aromatic carboxylic acids is 1. The molecule has 0 radical (unpaired) electrons. The molecule has 0 saturated carbocycles. The Bertz CT molecular complexity index is 730. The van der Waals surface area contributed by atoms with Crippen LogP contribution in [0.3, 0.4) is 0 Å². The summed E-state index contributed by atoms with van der Waals surface area (Å²) in [4.78, 5) is 21.3. The van der Waals surface area contributed by atoms with E-state index in [4.69, 9.17) is 5.73 Å². The number of nitrogens with two attached hydrogens (primary N) is 1. The van der Waals surface area contributed by atoms with Gasteiger partial charge >= 0.3 is 5.97 Å². The standard InChI is InChI=1S/C16H19N3O2S/c1-8(2)11-5-9(3)12(16(20)21)6-13(11)22-14-7-18-10(4)19-15(14)17/h5-8H,1-4H3,(H,20,21)(H2,17,18,19). The number of carboxylic acids is 1. The molecule has 1 aromatic heterocycles. The van der Waals surface area contributed by atoms with Crippen molar-refractivity contribution < 1.29 is 9.90 Å². The molecule has 0 unspecified atom stereocenters. The number of anilines is 1. The van der Waals surface area contributed by atoms with Gasteiger partial charge < -0.3 is 10.8 Å². The molecule has 2 rings (SSSR count). The fourth-order valence-electron chi connectivity index (χ4n) is 2.15. The van der Waals surface area contributed by atoms with E-state index in [0.717, 1.165) is 20.9 Å². The van der Waals surface area contributed by atoms with Gasteiger partial charge in [-0.3, -0.25) is 0 Å². The molecule has 22 heavy (non-hydrogen) atoms. The number of carboxylic acid groups (broad SMARTS) is 1. The van der Waals surface area contributed by atoms with E-state index in [9.17, 15) is 9.90 Å². The Hall–Kier alpha value is -2.08. The van der Waals surface area contributed by atoms with Gasteiger partial charge in [0, 0.05) is 11.1 Å². The van der Waals surface area contributed by atoms with Crippen LogP contribution in [0.4, 0.5) is 5.82 Å². The fourth-order valence-corrected chi connectivity index (χ4v) is 3.24. The van der Waals surface area contributed by atoms with Gasteiger partial charge in [-0.25, -0.2) is 14.8 Å². The van der Waals surface area contributed by atoms with Crippen LogP contribution in [0.15, 0.2) is 28.1 Å². The Balaban J connectivity index is 2.52. The van der Waals surface area contributed by atoms with Gasteiger partial charge in [0.1, 0.15) is 11.6 Å². The van der Waals surface area contributed by atoms with Gasteiger partial charge in [0.2, 0.25) is 0 Å². The molecule has 0 aliphatic carbocycles. The predicted molar refractivity (Wildman–Crippen MR) is 87.5 cm³/mol. The number of nitrogens with zero attached hydrogens (tertiary/aromatic N) is 2. The van der Waals surface area contributed by atoms with Crippen LogP contribution in [0, 0.1) is 13.8 Å². The highest BCUT2D eigenvalue weighted by atomic mass is 32.2. The number of benzene rings is 1. The number of nitrogen functional groups attached to an aromatic ring is 1. The normalized spacial score (nSPS) is 11.0. The van der Waals surface area contributed by atoms with Crippen LogP contribution in [-0.4, -0.2) is 21.0 Å². The highest BCUT2D eigenvalue weighted by Crippen LogP contribution is 2.37. The summed E-state index contributed by atoms with van der Waals surface area (Å²) in [5.41, 5.74) is 8.09. The Morgan fingerprint density at radius 3 is 2.50 bits per heavy atom. The van der Waals surface area contributed by atoms with E-state index in [1.165, 1.54) is 11.8 Å². The summed E-state index contributed by atoms with van der Waals surface area (Å²) >= 11 is 1.40. The molecule has 0 saturated heterocycles.